The number of carbonyl (C=O) groups excluding carboxylic acids is 1. The SMILES string of the molecule is Cc1ccc(NC(=O)c2cccc(C(F)(F)F)c2)cc1-n1ccc2ncc(-c3cccnc3)n21. The lowest BCUT2D eigenvalue weighted by molar-refractivity contribution is -0.137. The third-order valence-corrected chi connectivity index (χ3v) is 5.47. The molecule has 1 amide bonds. The van der Waals surface area contributed by atoms with Crippen LogP contribution in [0.5, 0.6) is 0 Å². The summed E-state index contributed by atoms with van der Waals surface area (Å²) in [5, 5.41) is 2.70. The minimum atomic E-state index is -4.52. The molecule has 0 saturated heterocycles. The molecule has 0 radical (unpaired) electrons. The Hall–Kier alpha value is -4.40. The molecule has 170 valence electrons. The molecule has 5 rings (SSSR count). The normalized spacial score (nSPS) is 11.6. The average molecular weight is 461 g/mol. The second-order valence-electron chi connectivity index (χ2n) is 7.75. The summed E-state index contributed by atoms with van der Waals surface area (Å²) in [5.74, 6) is -0.628. The van der Waals surface area contributed by atoms with Gasteiger partial charge in [0.1, 0.15) is 0 Å². The standard InChI is InChI=1S/C25H18F3N5O/c1-16-7-8-20(31-24(34)17-4-2-6-19(12-17)25(26,27)28)13-21(16)32-11-9-23-30-15-22(33(23)32)18-5-3-10-29-14-18/h2-15H,1H3,(H,31,34). The summed E-state index contributed by atoms with van der Waals surface area (Å²) in [5.41, 5.74) is 3.67. The van der Waals surface area contributed by atoms with Gasteiger partial charge in [0, 0.05) is 41.5 Å². The molecule has 0 unspecified atom stereocenters. The van der Waals surface area contributed by atoms with Crippen LogP contribution in [0.3, 0.4) is 0 Å². The van der Waals surface area contributed by atoms with E-state index in [1.807, 2.05) is 46.6 Å². The number of pyridine rings is 1. The molecule has 0 aliphatic rings. The fraction of sp³-hybridized carbons (Fsp3) is 0.0800. The highest BCUT2D eigenvalue weighted by Gasteiger charge is 2.30. The first-order chi connectivity index (χ1) is 16.3. The first-order valence-corrected chi connectivity index (χ1v) is 10.4. The third kappa shape index (κ3) is 3.92. The number of imidazole rings is 1. The number of alkyl halides is 3. The molecule has 34 heavy (non-hydrogen) atoms. The van der Waals surface area contributed by atoms with Crippen LogP contribution in [0.4, 0.5) is 18.9 Å². The average Bonchev–Trinajstić information content (AvgIpc) is 3.43. The molecule has 0 spiro atoms. The van der Waals surface area contributed by atoms with Gasteiger partial charge in [-0.15, -0.1) is 0 Å². The lowest BCUT2D eigenvalue weighted by Crippen LogP contribution is -2.14. The first kappa shape index (κ1) is 21.4. The maximum absolute atomic E-state index is 13.0. The number of fused-ring (bicyclic) bond motifs is 1. The molecule has 0 fully saturated rings. The maximum atomic E-state index is 13.0. The number of amides is 1. The van der Waals surface area contributed by atoms with E-state index in [-0.39, 0.29) is 5.56 Å². The largest absolute Gasteiger partial charge is 0.416 e. The van der Waals surface area contributed by atoms with E-state index in [4.69, 9.17) is 0 Å². The van der Waals surface area contributed by atoms with Crippen LogP contribution in [0, 0.1) is 6.92 Å². The lowest BCUT2D eigenvalue weighted by atomic mass is 10.1. The Morgan fingerprint density at radius 2 is 1.85 bits per heavy atom. The van der Waals surface area contributed by atoms with Crippen molar-refractivity contribution in [1.82, 2.24) is 19.2 Å². The van der Waals surface area contributed by atoms with Gasteiger partial charge < -0.3 is 5.32 Å². The number of hydrogen-bond acceptors (Lipinski definition) is 3. The molecule has 0 aliphatic carbocycles. The Bertz CT molecular complexity index is 1500. The summed E-state index contributed by atoms with van der Waals surface area (Å²) >= 11 is 0. The summed E-state index contributed by atoms with van der Waals surface area (Å²) < 4.78 is 42.9. The van der Waals surface area contributed by atoms with Crippen molar-refractivity contribution in [2.75, 3.05) is 5.32 Å². The van der Waals surface area contributed by atoms with Crippen molar-refractivity contribution in [2.24, 2.45) is 0 Å². The Balaban J connectivity index is 1.51. The van der Waals surface area contributed by atoms with Crippen molar-refractivity contribution in [3.63, 3.8) is 0 Å². The molecule has 3 aromatic heterocycles. The fourth-order valence-corrected chi connectivity index (χ4v) is 3.78. The van der Waals surface area contributed by atoms with Crippen molar-refractivity contribution in [1.29, 1.82) is 0 Å². The van der Waals surface area contributed by atoms with E-state index in [9.17, 15) is 18.0 Å². The Labute approximate surface area is 192 Å². The van der Waals surface area contributed by atoms with E-state index < -0.39 is 17.6 Å². The van der Waals surface area contributed by atoms with Crippen LogP contribution in [0.25, 0.3) is 22.6 Å². The Kier molecular flexibility index (Phi) is 5.16. The van der Waals surface area contributed by atoms with Crippen molar-refractivity contribution in [2.45, 2.75) is 13.1 Å². The number of carbonyl (C=O) groups is 1. The second kappa shape index (κ2) is 8.18. The van der Waals surface area contributed by atoms with E-state index in [1.165, 1.54) is 12.1 Å². The van der Waals surface area contributed by atoms with Gasteiger partial charge >= 0.3 is 6.18 Å². The fourth-order valence-electron chi connectivity index (χ4n) is 3.78. The maximum Gasteiger partial charge on any atom is 0.416 e. The zero-order valence-electron chi connectivity index (χ0n) is 17.9. The van der Waals surface area contributed by atoms with Gasteiger partial charge in [-0.05, 0) is 55.0 Å². The van der Waals surface area contributed by atoms with Gasteiger partial charge in [0.25, 0.3) is 5.91 Å². The smallest absolute Gasteiger partial charge is 0.322 e. The number of hydrogen-bond donors (Lipinski definition) is 1. The summed E-state index contributed by atoms with van der Waals surface area (Å²) in [6.45, 7) is 1.93. The predicted octanol–water partition coefficient (Wildman–Crippen LogP) is 5.77. The van der Waals surface area contributed by atoms with Crippen LogP contribution in [0.2, 0.25) is 0 Å². The number of anilines is 1. The number of aromatic nitrogens is 4. The quantitative estimate of drug-likeness (QED) is 0.370. The zero-order chi connectivity index (χ0) is 23.9. The Morgan fingerprint density at radius 3 is 2.62 bits per heavy atom. The van der Waals surface area contributed by atoms with Crippen LogP contribution < -0.4 is 5.32 Å². The minimum Gasteiger partial charge on any atom is -0.322 e. The topological polar surface area (TPSA) is 64.2 Å². The molecule has 0 atom stereocenters. The molecule has 3 heterocycles. The molecule has 6 nitrogen and oxygen atoms in total. The summed E-state index contributed by atoms with van der Waals surface area (Å²) in [6.07, 6.45) is 2.55. The summed E-state index contributed by atoms with van der Waals surface area (Å²) in [7, 11) is 0. The molecular weight excluding hydrogens is 443 g/mol. The number of nitrogens with one attached hydrogen (secondary N) is 1. The second-order valence-corrected chi connectivity index (χ2v) is 7.75. The van der Waals surface area contributed by atoms with E-state index >= 15 is 0 Å². The van der Waals surface area contributed by atoms with Crippen LogP contribution >= 0.6 is 0 Å². The number of nitrogens with zero attached hydrogens (tertiary/aromatic N) is 4. The monoisotopic (exact) mass is 461 g/mol. The van der Waals surface area contributed by atoms with E-state index in [0.717, 1.165) is 40.3 Å². The minimum absolute atomic E-state index is 0.0752. The molecule has 2 aromatic carbocycles. The van der Waals surface area contributed by atoms with Crippen molar-refractivity contribution >= 4 is 17.2 Å². The van der Waals surface area contributed by atoms with Gasteiger partial charge in [-0.2, -0.15) is 13.2 Å². The van der Waals surface area contributed by atoms with Gasteiger partial charge in [-0.25, -0.2) is 9.50 Å². The van der Waals surface area contributed by atoms with Gasteiger partial charge in [0.05, 0.1) is 23.1 Å². The number of halogens is 3. The highest BCUT2D eigenvalue weighted by molar-refractivity contribution is 6.04. The van der Waals surface area contributed by atoms with Crippen LogP contribution in [0.1, 0.15) is 21.5 Å². The van der Waals surface area contributed by atoms with Crippen molar-refractivity contribution in [3.8, 4) is 16.9 Å². The summed E-state index contributed by atoms with van der Waals surface area (Å²) in [4.78, 5) is 21.3. The predicted molar refractivity (Wildman–Crippen MR) is 122 cm³/mol. The van der Waals surface area contributed by atoms with Gasteiger partial charge in [0.15, 0.2) is 5.65 Å². The van der Waals surface area contributed by atoms with Crippen LogP contribution in [0.15, 0.2) is 85.5 Å². The molecule has 1 N–H and O–H groups in total. The molecule has 0 aliphatic heterocycles. The Morgan fingerprint density at radius 1 is 1.00 bits per heavy atom. The van der Waals surface area contributed by atoms with Gasteiger partial charge in [0.2, 0.25) is 0 Å². The van der Waals surface area contributed by atoms with E-state index in [0.29, 0.717) is 5.69 Å². The molecule has 0 saturated carbocycles. The summed E-state index contributed by atoms with van der Waals surface area (Å²) in [6, 6.07) is 15.3. The number of aryl methyl sites for hydroxylation is 1. The van der Waals surface area contributed by atoms with Crippen LogP contribution in [-0.4, -0.2) is 25.1 Å². The van der Waals surface area contributed by atoms with Crippen molar-refractivity contribution in [3.05, 3.63) is 102 Å². The molecule has 5 aromatic rings. The van der Waals surface area contributed by atoms with E-state index in [1.54, 1.807) is 30.7 Å². The highest BCUT2D eigenvalue weighted by atomic mass is 19.4. The molecule has 9 heteroatoms. The zero-order valence-corrected chi connectivity index (χ0v) is 17.9. The number of rotatable bonds is 4. The highest BCUT2D eigenvalue weighted by Crippen LogP contribution is 2.30. The van der Waals surface area contributed by atoms with Crippen molar-refractivity contribution < 1.29 is 18.0 Å². The number of benzene rings is 2. The van der Waals surface area contributed by atoms with Gasteiger partial charge in [-0.1, -0.05) is 12.1 Å². The first-order valence-electron chi connectivity index (χ1n) is 10.4. The van der Waals surface area contributed by atoms with Crippen LogP contribution in [-0.2, 0) is 6.18 Å². The molecular formula is C25H18F3N5O. The van der Waals surface area contributed by atoms with Gasteiger partial charge in [-0.3, -0.25) is 14.5 Å². The lowest BCUT2D eigenvalue weighted by Gasteiger charge is -2.14. The molecule has 0 bridgehead atoms. The van der Waals surface area contributed by atoms with E-state index in [2.05, 4.69) is 15.3 Å². The third-order valence-electron chi connectivity index (χ3n) is 5.47.